The van der Waals surface area contributed by atoms with Gasteiger partial charge in [0, 0.05) is 30.4 Å². The zero-order valence-corrected chi connectivity index (χ0v) is 14.3. The van der Waals surface area contributed by atoms with Gasteiger partial charge < -0.3 is 20.7 Å². The van der Waals surface area contributed by atoms with Crippen LogP contribution in [0.5, 0.6) is 0 Å². The SMILES string of the molecule is CCOCCNC(=O)Nc1ccc(C(=O)NC2CCCCC2)cc1. The molecular formula is C18H27N3O3. The van der Waals surface area contributed by atoms with Gasteiger partial charge in [-0.1, -0.05) is 19.3 Å². The van der Waals surface area contributed by atoms with Crippen LogP contribution in [0.3, 0.4) is 0 Å². The molecule has 1 fully saturated rings. The number of ether oxygens (including phenoxy) is 1. The van der Waals surface area contributed by atoms with Gasteiger partial charge in [-0.2, -0.15) is 0 Å². The van der Waals surface area contributed by atoms with Crippen molar-refractivity contribution in [1.29, 1.82) is 0 Å². The van der Waals surface area contributed by atoms with Gasteiger partial charge in [0.1, 0.15) is 0 Å². The Morgan fingerprint density at radius 1 is 1.12 bits per heavy atom. The van der Waals surface area contributed by atoms with Crippen LogP contribution >= 0.6 is 0 Å². The second-order valence-corrected chi connectivity index (χ2v) is 5.96. The van der Waals surface area contributed by atoms with E-state index in [1.807, 2.05) is 6.92 Å². The number of anilines is 1. The molecule has 3 amide bonds. The smallest absolute Gasteiger partial charge is 0.319 e. The van der Waals surface area contributed by atoms with Crippen LogP contribution in [0.4, 0.5) is 10.5 Å². The Morgan fingerprint density at radius 3 is 2.50 bits per heavy atom. The van der Waals surface area contributed by atoms with Crippen LogP contribution in [-0.2, 0) is 4.74 Å². The lowest BCUT2D eigenvalue weighted by molar-refractivity contribution is 0.0927. The van der Waals surface area contributed by atoms with Gasteiger partial charge in [0.25, 0.3) is 5.91 Å². The lowest BCUT2D eigenvalue weighted by Gasteiger charge is -2.22. The highest BCUT2D eigenvalue weighted by atomic mass is 16.5. The van der Waals surface area contributed by atoms with E-state index in [1.54, 1.807) is 24.3 Å². The van der Waals surface area contributed by atoms with Gasteiger partial charge in [-0.05, 0) is 44.0 Å². The van der Waals surface area contributed by atoms with Gasteiger partial charge in [0.15, 0.2) is 0 Å². The van der Waals surface area contributed by atoms with E-state index in [-0.39, 0.29) is 11.9 Å². The molecule has 1 aromatic carbocycles. The van der Waals surface area contributed by atoms with Crippen LogP contribution in [0, 0.1) is 0 Å². The fraction of sp³-hybridized carbons (Fsp3) is 0.556. The van der Waals surface area contributed by atoms with Gasteiger partial charge in [-0.25, -0.2) is 4.79 Å². The second-order valence-electron chi connectivity index (χ2n) is 5.96. The summed E-state index contributed by atoms with van der Waals surface area (Å²) >= 11 is 0. The van der Waals surface area contributed by atoms with Gasteiger partial charge in [-0.15, -0.1) is 0 Å². The van der Waals surface area contributed by atoms with E-state index in [0.29, 0.717) is 37.1 Å². The molecule has 0 aliphatic heterocycles. The van der Waals surface area contributed by atoms with Crippen LogP contribution in [0.1, 0.15) is 49.4 Å². The Hall–Kier alpha value is -2.08. The predicted octanol–water partition coefficient (Wildman–Crippen LogP) is 2.91. The number of carbonyl (C=O) groups excluding carboxylic acids is 2. The topological polar surface area (TPSA) is 79.5 Å². The summed E-state index contributed by atoms with van der Waals surface area (Å²) in [6.45, 7) is 3.49. The van der Waals surface area contributed by atoms with Crippen molar-refractivity contribution in [3.8, 4) is 0 Å². The molecule has 1 aliphatic rings. The average molecular weight is 333 g/mol. The third-order valence-corrected chi connectivity index (χ3v) is 4.08. The molecule has 0 spiro atoms. The molecule has 0 bridgehead atoms. The van der Waals surface area contributed by atoms with Gasteiger partial charge >= 0.3 is 6.03 Å². The molecule has 132 valence electrons. The van der Waals surface area contributed by atoms with E-state index < -0.39 is 0 Å². The minimum absolute atomic E-state index is 0.0467. The van der Waals surface area contributed by atoms with Gasteiger partial charge in [-0.3, -0.25) is 4.79 Å². The highest BCUT2D eigenvalue weighted by Gasteiger charge is 2.16. The van der Waals surface area contributed by atoms with Crippen molar-refractivity contribution >= 4 is 17.6 Å². The maximum Gasteiger partial charge on any atom is 0.319 e. The van der Waals surface area contributed by atoms with Crippen molar-refractivity contribution in [3.05, 3.63) is 29.8 Å². The molecule has 1 saturated carbocycles. The zero-order valence-electron chi connectivity index (χ0n) is 14.3. The molecule has 6 heteroatoms. The van der Waals surface area contributed by atoms with Crippen molar-refractivity contribution < 1.29 is 14.3 Å². The molecular weight excluding hydrogens is 306 g/mol. The van der Waals surface area contributed by atoms with Crippen molar-refractivity contribution in [2.24, 2.45) is 0 Å². The lowest BCUT2D eigenvalue weighted by atomic mass is 9.95. The normalized spacial score (nSPS) is 14.9. The molecule has 2 rings (SSSR count). The molecule has 1 aliphatic carbocycles. The number of amides is 3. The zero-order chi connectivity index (χ0) is 17.2. The molecule has 0 aromatic heterocycles. The monoisotopic (exact) mass is 333 g/mol. The largest absolute Gasteiger partial charge is 0.380 e. The number of nitrogens with one attached hydrogen (secondary N) is 3. The van der Waals surface area contributed by atoms with Gasteiger partial charge in [0.2, 0.25) is 0 Å². The summed E-state index contributed by atoms with van der Waals surface area (Å²) in [6, 6.07) is 6.94. The summed E-state index contributed by atoms with van der Waals surface area (Å²) in [7, 11) is 0. The Kier molecular flexibility index (Phi) is 7.55. The first kappa shape index (κ1) is 18.3. The average Bonchev–Trinajstić information content (AvgIpc) is 2.60. The van der Waals surface area contributed by atoms with E-state index in [1.165, 1.54) is 19.3 Å². The molecule has 0 unspecified atom stereocenters. The summed E-state index contributed by atoms with van der Waals surface area (Å²) in [5.41, 5.74) is 1.26. The van der Waals surface area contributed by atoms with E-state index in [2.05, 4.69) is 16.0 Å². The van der Waals surface area contributed by atoms with Gasteiger partial charge in [0.05, 0.1) is 6.61 Å². The molecule has 0 saturated heterocycles. The Morgan fingerprint density at radius 2 is 1.83 bits per heavy atom. The quantitative estimate of drug-likeness (QED) is 0.671. The van der Waals surface area contributed by atoms with Crippen LogP contribution in [0.2, 0.25) is 0 Å². The lowest BCUT2D eigenvalue weighted by Crippen LogP contribution is -2.36. The minimum atomic E-state index is -0.283. The Labute approximate surface area is 143 Å². The fourth-order valence-electron chi connectivity index (χ4n) is 2.78. The number of hydrogen-bond acceptors (Lipinski definition) is 3. The molecule has 0 radical (unpaired) electrons. The molecule has 24 heavy (non-hydrogen) atoms. The summed E-state index contributed by atoms with van der Waals surface area (Å²) in [5, 5.41) is 8.51. The Balaban J connectivity index is 1.77. The summed E-state index contributed by atoms with van der Waals surface area (Å²) < 4.78 is 5.15. The molecule has 3 N–H and O–H groups in total. The predicted molar refractivity (Wildman–Crippen MR) is 94.3 cm³/mol. The van der Waals surface area contributed by atoms with E-state index in [0.717, 1.165) is 12.8 Å². The summed E-state index contributed by atoms with van der Waals surface area (Å²) in [5.74, 6) is -0.0467. The highest BCUT2D eigenvalue weighted by molar-refractivity contribution is 5.95. The number of benzene rings is 1. The summed E-state index contributed by atoms with van der Waals surface area (Å²) in [6.07, 6.45) is 5.76. The van der Waals surface area contributed by atoms with Crippen molar-refractivity contribution in [1.82, 2.24) is 10.6 Å². The third kappa shape index (κ3) is 6.20. The molecule has 0 heterocycles. The number of urea groups is 1. The van der Waals surface area contributed by atoms with Crippen LogP contribution in [0.15, 0.2) is 24.3 Å². The molecule has 6 nitrogen and oxygen atoms in total. The maximum atomic E-state index is 12.2. The van der Waals surface area contributed by atoms with E-state index in [4.69, 9.17) is 4.74 Å². The molecule has 0 atom stereocenters. The number of rotatable bonds is 7. The third-order valence-electron chi connectivity index (χ3n) is 4.08. The first-order valence-corrected chi connectivity index (χ1v) is 8.72. The van der Waals surface area contributed by atoms with E-state index in [9.17, 15) is 9.59 Å². The van der Waals surface area contributed by atoms with E-state index >= 15 is 0 Å². The Bertz CT molecular complexity index is 525. The standard InChI is InChI=1S/C18H27N3O3/c1-2-24-13-12-19-18(23)21-16-10-8-14(9-11-16)17(22)20-15-6-4-3-5-7-15/h8-11,15H,2-7,12-13H2,1H3,(H,20,22)(H2,19,21,23). The van der Waals surface area contributed by atoms with Crippen molar-refractivity contribution in [2.75, 3.05) is 25.1 Å². The van der Waals surface area contributed by atoms with Crippen molar-refractivity contribution in [2.45, 2.75) is 45.1 Å². The first-order chi connectivity index (χ1) is 11.7. The number of hydrogen-bond donors (Lipinski definition) is 3. The van der Waals surface area contributed by atoms with Crippen LogP contribution in [-0.4, -0.2) is 37.7 Å². The minimum Gasteiger partial charge on any atom is -0.380 e. The van der Waals surface area contributed by atoms with Crippen LogP contribution in [0.25, 0.3) is 0 Å². The maximum absolute atomic E-state index is 12.2. The van der Waals surface area contributed by atoms with Crippen LogP contribution < -0.4 is 16.0 Å². The molecule has 1 aromatic rings. The second kappa shape index (κ2) is 9.93. The van der Waals surface area contributed by atoms with Crippen molar-refractivity contribution in [3.63, 3.8) is 0 Å². The summed E-state index contributed by atoms with van der Waals surface area (Å²) in [4.78, 5) is 23.9. The first-order valence-electron chi connectivity index (χ1n) is 8.72. The highest BCUT2D eigenvalue weighted by Crippen LogP contribution is 2.18. The fourth-order valence-corrected chi connectivity index (χ4v) is 2.78. The number of carbonyl (C=O) groups is 2.